The Hall–Kier alpha value is -2.24. The number of carbonyl (C=O) groups is 2. The zero-order valence-electron chi connectivity index (χ0n) is 23.0. The lowest BCUT2D eigenvalue weighted by molar-refractivity contribution is -0.125. The maximum atomic E-state index is 13.4. The fourth-order valence-corrected chi connectivity index (χ4v) is 6.71. The van der Waals surface area contributed by atoms with Crippen LogP contribution in [0.15, 0.2) is 30.3 Å². The van der Waals surface area contributed by atoms with Crippen molar-refractivity contribution in [2.75, 3.05) is 40.0 Å². The molecule has 6 atom stereocenters. The third-order valence-electron chi connectivity index (χ3n) is 9.03. The SMILES string of the molecule is CN[C@H]1CC[C@H](N(C[C@@H](O)[C@H](Cc2ccccc2)NC(=O)O[C@H]2CCOC2)[C@H]2CC3(CCOCC3)NC2=O)C1. The Labute approximate surface area is 231 Å². The van der Waals surface area contributed by atoms with Crippen molar-refractivity contribution in [1.29, 1.82) is 0 Å². The van der Waals surface area contributed by atoms with Gasteiger partial charge in [-0.2, -0.15) is 0 Å². The van der Waals surface area contributed by atoms with E-state index in [4.69, 9.17) is 14.2 Å². The van der Waals surface area contributed by atoms with Crippen molar-refractivity contribution in [3.63, 3.8) is 0 Å². The van der Waals surface area contributed by atoms with E-state index >= 15 is 0 Å². The summed E-state index contributed by atoms with van der Waals surface area (Å²) in [6, 6.07) is 9.48. The largest absolute Gasteiger partial charge is 0.444 e. The summed E-state index contributed by atoms with van der Waals surface area (Å²) >= 11 is 0. The Balaban J connectivity index is 1.33. The van der Waals surface area contributed by atoms with Gasteiger partial charge in [0.2, 0.25) is 5.91 Å². The van der Waals surface area contributed by atoms with Crippen LogP contribution < -0.4 is 16.0 Å². The summed E-state index contributed by atoms with van der Waals surface area (Å²) in [5.74, 6) is 0.0326. The molecule has 4 N–H and O–H groups in total. The van der Waals surface area contributed by atoms with Crippen LogP contribution in [0, 0.1) is 0 Å². The van der Waals surface area contributed by atoms with Gasteiger partial charge in [0.05, 0.1) is 31.4 Å². The predicted molar refractivity (Wildman–Crippen MR) is 145 cm³/mol. The molecule has 10 heteroatoms. The van der Waals surface area contributed by atoms with Gasteiger partial charge >= 0.3 is 6.09 Å². The maximum Gasteiger partial charge on any atom is 0.407 e. The second kappa shape index (κ2) is 13.0. The lowest BCUT2D eigenvalue weighted by Gasteiger charge is -2.38. The van der Waals surface area contributed by atoms with Crippen molar-refractivity contribution >= 4 is 12.0 Å². The highest BCUT2D eigenvalue weighted by molar-refractivity contribution is 5.85. The summed E-state index contributed by atoms with van der Waals surface area (Å²) in [5.41, 5.74) is 0.771. The van der Waals surface area contributed by atoms with Crippen LogP contribution in [0.25, 0.3) is 0 Å². The van der Waals surface area contributed by atoms with Crippen molar-refractivity contribution in [2.24, 2.45) is 0 Å². The molecule has 1 spiro atoms. The smallest absolute Gasteiger partial charge is 0.407 e. The molecule has 3 saturated heterocycles. The fraction of sp³-hybridized carbons (Fsp3) is 0.724. The number of rotatable bonds is 10. The third kappa shape index (κ3) is 7.10. The number of nitrogens with zero attached hydrogens (tertiary/aromatic N) is 1. The predicted octanol–water partition coefficient (Wildman–Crippen LogP) is 1.35. The van der Waals surface area contributed by atoms with Crippen molar-refractivity contribution in [2.45, 2.75) is 93.3 Å². The number of ether oxygens (including phenoxy) is 3. The molecular formula is C29H44N4O6. The number of amides is 2. The summed E-state index contributed by atoms with van der Waals surface area (Å²) in [6.07, 6.45) is 4.64. The van der Waals surface area contributed by atoms with Gasteiger partial charge in [0.25, 0.3) is 0 Å². The van der Waals surface area contributed by atoms with Crippen LogP contribution in [0.5, 0.6) is 0 Å². The van der Waals surface area contributed by atoms with E-state index in [-0.39, 0.29) is 36.2 Å². The second-order valence-corrected chi connectivity index (χ2v) is 11.6. The third-order valence-corrected chi connectivity index (χ3v) is 9.03. The first-order valence-corrected chi connectivity index (χ1v) is 14.5. The number of aliphatic hydroxyl groups excluding tert-OH is 1. The molecule has 2 amide bonds. The zero-order valence-corrected chi connectivity index (χ0v) is 23.0. The molecule has 0 bridgehead atoms. The molecule has 39 heavy (non-hydrogen) atoms. The van der Waals surface area contributed by atoms with Crippen LogP contribution in [0.3, 0.4) is 0 Å². The van der Waals surface area contributed by atoms with E-state index in [1.165, 1.54) is 0 Å². The molecule has 0 unspecified atom stereocenters. The number of nitrogens with one attached hydrogen (secondary N) is 3. The summed E-state index contributed by atoms with van der Waals surface area (Å²) in [5, 5.41) is 21.3. The number of carbonyl (C=O) groups excluding carboxylic acids is 2. The molecule has 4 aliphatic rings. The van der Waals surface area contributed by atoms with Gasteiger partial charge in [-0.25, -0.2) is 4.79 Å². The summed E-state index contributed by atoms with van der Waals surface area (Å²) in [4.78, 5) is 28.5. The average Bonchev–Trinajstić information content (AvgIpc) is 3.69. The summed E-state index contributed by atoms with van der Waals surface area (Å²) in [6.45, 7) is 2.56. The van der Waals surface area contributed by atoms with Gasteiger partial charge in [-0.05, 0) is 57.6 Å². The number of hydrogen-bond donors (Lipinski definition) is 4. The van der Waals surface area contributed by atoms with E-state index in [0.717, 1.165) is 37.7 Å². The summed E-state index contributed by atoms with van der Waals surface area (Å²) in [7, 11) is 1.98. The Morgan fingerprint density at radius 3 is 2.67 bits per heavy atom. The van der Waals surface area contributed by atoms with Crippen LogP contribution in [-0.4, -0.2) is 104 Å². The quantitative estimate of drug-likeness (QED) is 0.349. The highest BCUT2D eigenvalue weighted by Gasteiger charge is 2.49. The summed E-state index contributed by atoms with van der Waals surface area (Å²) < 4.78 is 16.5. The Morgan fingerprint density at radius 2 is 1.97 bits per heavy atom. The highest BCUT2D eigenvalue weighted by Crippen LogP contribution is 2.36. The molecule has 1 aromatic carbocycles. The van der Waals surface area contributed by atoms with E-state index in [1.54, 1.807) is 0 Å². The molecule has 5 rings (SSSR count). The highest BCUT2D eigenvalue weighted by atomic mass is 16.6. The van der Waals surface area contributed by atoms with Crippen molar-refractivity contribution in [3.8, 4) is 0 Å². The van der Waals surface area contributed by atoms with Gasteiger partial charge in [0.15, 0.2) is 0 Å². The first-order valence-electron chi connectivity index (χ1n) is 14.5. The number of aliphatic hydroxyl groups is 1. The first kappa shape index (κ1) is 28.3. The zero-order chi connectivity index (χ0) is 27.2. The van der Waals surface area contributed by atoms with E-state index in [1.807, 2.05) is 37.4 Å². The molecule has 1 aromatic rings. The molecule has 1 aliphatic carbocycles. The van der Waals surface area contributed by atoms with Crippen LogP contribution in [0.1, 0.15) is 50.5 Å². The lowest BCUT2D eigenvalue weighted by atomic mass is 9.87. The number of hydrogen-bond acceptors (Lipinski definition) is 8. The first-order chi connectivity index (χ1) is 18.9. The molecular weight excluding hydrogens is 500 g/mol. The fourth-order valence-electron chi connectivity index (χ4n) is 6.71. The Kier molecular flexibility index (Phi) is 9.40. The van der Waals surface area contributed by atoms with E-state index in [0.29, 0.717) is 51.7 Å². The topological polar surface area (TPSA) is 121 Å². The monoisotopic (exact) mass is 544 g/mol. The molecule has 216 valence electrons. The van der Waals surface area contributed by atoms with Gasteiger partial charge in [-0.15, -0.1) is 0 Å². The number of benzene rings is 1. The lowest BCUT2D eigenvalue weighted by Crippen LogP contribution is -2.55. The van der Waals surface area contributed by atoms with E-state index in [2.05, 4.69) is 20.9 Å². The minimum absolute atomic E-state index is 0.0326. The van der Waals surface area contributed by atoms with E-state index < -0.39 is 18.2 Å². The van der Waals surface area contributed by atoms with Gasteiger partial charge in [0.1, 0.15) is 6.10 Å². The second-order valence-electron chi connectivity index (χ2n) is 11.6. The van der Waals surface area contributed by atoms with Gasteiger partial charge in [-0.1, -0.05) is 30.3 Å². The van der Waals surface area contributed by atoms with Crippen molar-refractivity contribution in [1.82, 2.24) is 20.9 Å². The molecule has 0 radical (unpaired) electrons. The minimum atomic E-state index is -0.898. The Bertz CT molecular complexity index is 952. The molecule has 0 aromatic heterocycles. The van der Waals surface area contributed by atoms with Crippen LogP contribution >= 0.6 is 0 Å². The molecule has 10 nitrogen and oxygen atoms in total. The minimum Gasteiger partial charge on any atom is -0.444 e. The molecule has 3 aliphatic heterocycles. The number of alkyl carbamates (subject to hydrolysis) is 1. The van der Waals surface area contributed by atoms with Crippen LogP contribution in [0.2, 0.25) is 0 Å². The molecule has 1 saturated carbocycles. The van der Waals surface area contributed by atoms with Crippen molar-refractivity contribution in [3.05, 3.63) is 35.9 Å². The van der Waals surface area contributed by atoms with E-state index in [9.17, 15) is 14.7 Å². The Morgan fingerprint density at radius 1 is 1.18 bits per heavy atom. The van der Waals surface area contributed by atoms with Crippen LogP contribution in [-0.2, 0) is 25.4 Å². The van der Waals surface area contributed by atoms with Gasteiger partial charge < -0.3 is 35.3 Å². The molecule has 3 heterocycles. The standard InChI is InChI=1S/C29H44N4O6/c1-30-21-7-8-22(16-21)33(25-17-29(32-27(25)35)10-13-37-14-11-29)18-26(34)24(15-20-5-3-2-4-6-20)31-28(36)39-23-9-12-38-19-23/h2-6,21-26,30,34H,7-19H2,1H3,(H,31,36)(H,32,35)/t21-,22-,23-,24-,25-,26+/m0/s1. The normalized spacial score (nSPS) is 29.9. The average molecular weight is 545 g/mol. The van der Waals surface area contributed by atoms with Crippen LogP contribution in [0.4, 0.5) is 4.79 Å². The maximum absolute atomic E-state index is 13.4. The molecule has 4 fully saturated rings. The van der Waals surface area contributed by atoms with Gasteiger partial charge in [0, 0.05) is 43.8 Å². The van der Waals surface area contributed by atoms with Gasteiger partial charge in [-0.3, -0.25) is 9.69 Å². The van der Waals surface area contributed by atoms with Crippen molar-refractivity contribution < 1.29 is 28.9 Å².